The average molecular weight is 357 g/mol. The van der Waals surface area contributed by atoms with Gasteiger partial charge in [0.15, 0.2) is 0 Å². The number of nitrogens with one attached hydrogen (secondary N) is 1. The second kappa shape index (κ2) is 8.67. The topological polar surface area (TPSA) is 52.7 Å². The molecule has 0 aliphatic carbocycles. The number of benzene rings is 1. The predicted molar refractivity (Wildman–Crippen MR) is 104 cm³/mol. The number of fused-ring (bicyclic) bond motifs is 1. The van der Waals surface area contributed by atoms with Crippen LogP contribution in [-0.4, -0.2) is 54.3 Å². The van der Waals surface area contributed by atoms with Gasteiger partial charge in [0.25, 0.3) is 0 Å². The number of rotatable bonds is 6. The van der Waals surface area contributed by atoms with E-state index in [-0.39, 0.29) is 24.2 Å². The Morgan fingerprint density at radius 2 is 1.96 bits per heavy atom. The molecule has 1 aromatic rings. The van der Waals surface area contributed by atoms with Crippen molar-refractivity contribution in [3.8, 4) is 0 Å². The van der Waals surface area contributed by atoms with Gasteiger partial charge in [-0.2, -0.15) is 0 Å². The average Bonchev–Trinajstić information content (AvgIpc) is 2.80. The van der Waals surface area contributed by atoms with Crippen LogP contribution in [0.1, 0.15) is 56.1 Å². The summed E-state index contributed by atoms with van der Waals surface area (Å²) in [5, 5.41) is 2.91. The van der Waals surface area contributed by atoms with Gasteiger partial charge in [-0.25, -0.2) is 0 Å². The van der Waals surface area contributed by atoms with Crippen LogP contribution in [0, 0.1) is 6.92 Å². The first kappa shape index (κ1) is 18.9. The van der Waals surface area contributed by atoms with Gasteiger partial charge in [-0.1, -0.05) is 30.5 Å². The molecule has 0 aromatic heterocycles. The Labute approximate surface area is 156 Å². The van der Waals surface area contributed by atoms with E-state index in [1.807, 2.05) is 36.9 Å². The lowest BCUT2D eigenvalue weighted by Gasteiger charge is -2.27. The van der Waals surface area contributed by atoms with Crippen molar-refractivity contribution in [3.63, 3.8) is 0 Å². The molecule has 5 nitrogen and oxygen atoms in total. The Kier molecular flexibility index (Phi) is 6.30. The molecule has 1 atom stereocenters. The summed E-state index contributed by atoms with van der Waals surface area (Å²) in [7, 11) is 0. The minimum absolute atomic E-state index is 0.0532. The van der Waals surface area contributed by atoms with E-state index in [2.05, 4.69) is 10.2 Å². The van der Waals surface area contributed by atoms with E-state index >= 15 is 0 Å². The molecule has 2 aliphatic rings. The van der Waals surface area contributed by atoms with E-state index in [0.29, 0.717) is 6.54 Å². The van der Waals surface area contributed by atoms with E-state index in [1.165, 1.54) is 25.7 Å². The highest BCUT2D eigenvalue weighted by molar-refractivity contribution is 6.05. The largest absolute Gasteiger partial charge is 0.342 e. The van der Waals surface area contributed by atoms with E-state index in [0.717, 1.165) is 43.0 Å². The van der Waals surface area contributed by atoms with E-state index in [4.69, 9.17) is 0 Å². The summed E-state index contributed by atoms with van der Waals surface area (Å²) in [5.41, 5.74) is 2.93. The van der Waals surface area contributed by atoms with Gasteiger partial charge in [0, 0.05) is 31.7 Å². The number of carbonyl (C=O) groups is 2. The van der Waals surface area contributed by atoms with Crippen LogP contribution in [0.15, 0.2) is 18.2 Å². The highest BCUT2D eigenvalue weighted by atomic mass is 16.2. The van der Waals surface area contributed by atoms with Gasteiger partial charge in [-0.3, -0.25) is 9.59 Å². The van der Waals surface area contributed by atoms with Gasteiger partial charge < -0.3 is 15.1 Å². The van der Waals surface area contributed by atoms with Gasteiger partial charge in [0.05, 0.1) is 5.92 Å². The molecule has 0 unspecified atom stereocenters. The molecular weight excluding hydrogens is 326 g/mol. The number of carbonyl (C=O) groups excluding carboxylic acids is 2. The highest BCUT2D eigenvalue weighted by Crippen LogP contribution is 2.35. The lowest BCUT2D eigenvalue weighted by Crippen LogP contribution is -2.39. The van der Waals surface area contributed by atoms with E-state index in [9.17, 15) is 9.59 Å². The van der Waals surface area contributed by atoms with Gasteiger partial charge in [-0.05, 0) is 51.4 Å². The Balaban J connectivity index is 1.59. The third-order valence-corrected chi connectivity index (χ3v) is 5.65. The normalized spacial score (nSPS) is 20.4. The van der Waals surface area contributed by atoms with Gasteiger partial charge in [0.1, 0.15) is 0 Å². The molecule has 2 heterocycles. The molecular formula is C21H31N3O2. The minimum atomic E-state index is -0.357. The molecule has 2 amide bonds. The molecule has 0 saturated carbocycles. The maximum atomic E-state index is 12.8. The first-order chi connectivity index (χ1) is 12.6. The summed E-state index contributed by atoms with van der Waals surface area (Å²) in [5.74, 6) is -0.330. The molecule has 1 aromatic carbocycles. The Morgan fingerprint density at radius 3 is 2.65 bits per heavy atom. The van der Waals surface area contributed by atoms with Crippen LogP contribution >= 0.6 is 0 Å². The fourth-order valence-corrected chi connectivity index (χ4v) is 4.03. The molecule has 142 valence electrons. The standard InChI is InChI=1S/C21H31N3O2/c1-3-24(13-12-23-10-6-4-5-7-11-23)20(25)15-18-17-14-16(2)8-9-19(17)22-21(18)26/h8-9,14,18H,3-7,10-13,15H2,1-2H3,(H,22,26)/t18-/m1/s1. The highest BCUT2D eigenvalue weighted by Gasteiger charge is 2.33. The van der Waals surface area contributed by atoms with Crippen molar-refractivity contribution < 1.29 is 9.59 Å². The van der Waals surface area contributed by atoms with Crippen LogP contribution in [0.25, 0.3) is 0 Å². The summed E-state index contributed by atoms with van der Waals surface area (Å²) in [6, 6.07) is 5.95. The zero-order valence-electron chi connectivity index (χ0n) is 16.1. The molecule has 0 spiro atoms. The number of hydrogen-bond donors (Lipinski definition) is 1. The smallest absolute Gasteiger partial charge is 0.232 e. The SMILES string of the molecule is CCN(CCN1CCCCCC1)C(=O)C[C@H]1C(=O)Nc2ccc(C)cc21. The number of anilines is 1. The summed E-state index contributed by atoms with van der Waals surface area (Å²) in [6.07, 6.45) is 5.43. The molecule has 1 N–H and O–H groups in total. The molecule has 1 saturated heterocycles. The third kappa shape index (κ3) is 4.44. The van der Waals surface area contributed by atoms with Crippen molar-refractivity contribution >= 4 is 17.5 Å². The fraction of sp³-hybridized carbons (Fsp3) is 0.619. The number of hydrogen-bond acceptors (Lipinski definition) is 3. The van der Waals surface area contributed by atoms with Crippen LogP contribution in [0.3, 0.4) is 0 Å². The summed E-state index contributed by atoms with van der Waals surface area (Å²) >= 11 is 0. The Bertz CT molecular complexity index is 651. The lowest BCUT2D eigenvalue weighted by molar-refractivity contribution is -0.133. The first-order valence-corrected chi connectivity index (χ1v) is 10.00. The monoisotopic (exact) mass is 357 g/mol. The summed E-state index contributed by atoms with van der Waals surface area (Å²) < 4.78 is 0. The third-order valence-electron chi connectivity index (χ3n) is 5.65. The maximum absolute atomic E-state index is 12.8. The summed E-state index contributed by atoms with van der Waals surface area (Å²) in [4.78, 5) is 29.6. The van der Waals surface area contributed by atoms with Crippen LogP contribution in [0.5, 0.6) is 0 Å². The van der Waals surface area contributed by atoms with Crippen molar-refractivity contribution in [1.82, 2.24) is 9.80 Å². The number of aryl methyl sites for hydroxylation is 1. The van der Waals surface area contributed by atoms with E-state index in [1.54, 1.807) is 0 Å². The van der Waals surface area contributed by atoms with Gasteiger partial charge in [-0.15, -0.1) is 0 Å². The van der Waals surface area contributed by atoms with Crippen molar-refractivity contribution in [2.75, 3.05) is 38.0 Å². The molecule has 0 bridgehead atoms. The molecule has 3 rings (SSSR count). The Morgan fingerprint density at radius 1 is 1.23 bits per heavy atom. The quantitative estimate of drug-likeness (QED) is 0.851. The molecule has 26 heavy (non-hydrogen) atoms. The molecule has 0 radical (unpaired) electrons. The second-order valence-electron chi connectivity index (χ2n) is 7.57. The van der Waals surface area contributed by atoms with Crippen LogP contribution in [0.4, 0.5) is 5.69 Å². The number of nitrogens with zero attached hydrogens (tertiary/aromatic N) is 2. The molecule has 1 fully saturated rings. The fourth-order valence-electron chi connectivity index (χ4n) is 4.03. The molecule has 2 aliphatic heterocycles. The van der Waals surface area contributed by atoms with Crippen LogP contribution < -0.4 is 5.32 Å². The van der Waals surface area contributed by atoms with Crippen LogP contribution in [-0.2, 0) is 9.59 Å². The van der Waals surface area contributed by atoms with Gasteiger partial charge >= 0.3 is 0 Å². The predicted octanol–water partition coefficient (Wildman–Crippen LogP) is 3.15. The lowest BCUT2D eigenvalue weighted by atomic mass is 9.95. The number of likely N-dealkylation sites (N-methyl/N-ethyl adjacent to an activating group) is 1. The number of likely N-dealkylation sites (tertiary alicyclic amines) is 1. The number of amides is 2. The van der Waals surface area contributed by atoms with Crippen molar-refractivity contribution in [2.24, 2.45) is 0 Å². The Hall–Kier alpha value is -1.88. The van der Waals surface area contributed by atoms with Crippen molar-refractivity contribution in [3.05, 3.63) is 29.3 Å². The van der Waals surface area contributed by atoms with Crippen molar-refractivity contribution in [2.45, 2.75) is 51.9 Å². The van der Waals surface area contributed by atoms with Crippen molar-refractivity contribution in [1.29, 1.82) is 0 Å². The maximum Gasteiger partial charge on any atom is 0.232 e. The van der Waals surface area contributed by atoms with Crippen LogP contribution in [0.2, 0.25) is 0 Å². The molecule has 5 heteroatoms. The zero-order valence-corrected chi connectivity index (χ0v) is 16.1. The summed E-state index contributed by atoms with van der Waals surface area (Å²) in [6.45, 7) is 8.71. The first-order valence-electron chi connectivity index (χ1n) is 10.00. The second-order valence-corrected chi connectivity index (χ2v) is 7.57. The van der Waals surface area contributed by atoms with Gasteiger partial charge in [0.2, 0.25) is 11.8 Å². The van der Waals surface area contributed by atoms with E-state index < -0.39 is 0 Å². The minimum Gasteiger partial charge on any atom is -0.342 e. The zero-order chi connectivity index (χ0) is 18.5.